The Kier molecular flexibility index (Phi) is 11.9. The van der Waals surface area contributed by atoms with Gasteiger partial charge in [0.15, 0.2) is 0 Å². The summed E-state index contributed by atoms with van der Waals surface area (Å²) in [5.74, 6) is 0. The third-order valence-corrected chi connectivity index (χ3v) is 7.89. The minimum Gasteiger partial charge on any atom is -0.304 e. The minimum absolute atomic E-state index is 0. The van der Waals surface area contributed by atoms with Crippen LogP contribution < -0.4 is 15.9 Å². The number of hydrogen-bond donors (Lipinski definition) is 0. The van der Waals surface area contributed by atoms with Crippen molar-refractivity contribution in [2.45, 2.75) is 0 Å². The van der Waals surface area contributed by atoms with Crippen LogP contribution in [0.1, 0.15) is 0 Å². The number of rotatable bonds is 3. The second-order valence-corrected chi connectivity index (χ2v) is 16.3. The summed E-state index contributed by atoms with van der Waals surface area (Å²) in [6.07, 6.45) is 1.82. The van der Waals surface area contributed by atoms with Gasteiger partial charge in [0, 0.05) is 26.3 Å². The number of benzene rings is 5. The predicted molar refractivity (Wildman–Crippen MR) is 159 cm³/mol. The Labute approximate surface area is 256 Å². The summed E-state index contributed by atoms with van der Waals surface area (Å²) in [6.45, 7) is 0. The summed E-state index contributed by atoms with van der Waals surface area (Å²) >= 11 is -11.2. The smallest absolute Gasteiger partial charge is 0.0161 e. The Morgan fingerprint density at radius 3 is 1.38 bits per heavy atom. The van der Waals surface area contributed by atoms with Crippen LogP contribution in [0.2, 0.25) is 0 Å². The minimum atomic E-state index is -11.2. The fraction of sp³-hybridized carbons (Fsp3) is 0. The van der Waals surface area contributed by atoms with E-state index in [1.165, 1.54) is 26.7 Å². The zero-order valence-corrected chi connectivity index (χ0v) is 27.6. The van der Waals surface area contributed by atoms with Gasteiger partial charge < -0.3 is 10.5 Å². The summed E-state index contributed by atoms with van der Waals surface area (Å²) in [4.78, 5) is 4.38. The second-order valence-electron chi connectivity index (χ2n) is 8.58. The van der Waals surface area contributed by atoms with Gasteiger partial charge in [-0.1, -0.05) is 109 Å². The summed E-state index contributed by atoms with van der Waals surface area (Å²) in [5, 5.41) is 7.66. The molecule has 6 aromatic rings. The van der Waals surface area contributed by atoms with Crippen LogP contribution in [0.15, 0.2) is 140 Å². The van der Waals surface area contributed by atoms with Crippen LogP contribution in [-0.4, -0.2) is 29.9 Å². The number of hydrogen-bond acceptors (Lipinski definition) is 1. The van der Waals surface area contributed by atoms with E-state index in [1.54, 1.807) is 0 Å². The fourth-order valence-corrected chi connectivity index (χ4v) is 6.22. The van der Waals surface area contributed by atoms with Gasteiger partial charge in [0.25, 0.3) is 0 Å². The zero-order chi connectivity index (χ0) is 28.7. The molecule has 2 nitrogen and oxygen atoms in total. The summed E-state index contributed by atoms with van der Waals surface area (Å²) in [6, 6.07) is 49.8. The molecule has 0 fully saturated rings. The molecule has 0 saturated heterocycles. The van der Waals surface area contributed by atoms with E-state index >= 15 is 0 Å². The van der Waals surface area contributed by atoms with Crippen LogP contribution in [0.25, 0.3) is 21.7 Å². The first-order valence-electron chi connectivity index (χ1n) is 12.0. The molecule has 0 saturated carbocycles. The first-order chi connectivity index (χ1) is 18.8. The molecule has 0 bridgehead atoms. The molecule has 6 rings (SSSR count). The van der Waals surface area contributed by atoms with Crippen molar-refractivity contribution in [2.75, 3.05) is 0 Å². The van der Waals surface area contributed by atoms with Gasteiger partial charge >= 0.3 is 36.4 Å². The van der Waals surface area contributed by atoms with Crippen molar-refractivity contribution in [1.29, 1.82) is 0 Å². The molecule has 0 aliphatic carbocycles. The Balaban J connectivity index is 0.000000237. The molecule has 1 heterocycles. The molecule has 11 heteroatoms. The number of pyridine rings is 1. The molecule has 1 aromatic heterocycles. The quantitative estimate of drug-likeness (QED) is 0.0586. The first-order valence-corrected chi connectivity index (χ1v) is 19.1. The van der Waals surface area contributed by atoms with Crippen LogP contribution in [0.3, 0.4) is 0 Å². The van der Waals surface area contributed by atoms with Gasteiger partial charge in [-0.05, 0) is 40.8 Å². The van der Waals surface area contributed by atoms with Crippen LogP contribution in [0, 0.1) is 6.07 Å². The standard InChI is InChI=1S/C18H15P.C13H8N.6FH.Ir.H2O.Sb/c1-4-10-16(11-5-1)19(17-12-6-2-7-13-17)18-14-8-3-9-15-18;1-2-6-12-10(4-1)7-8-11-5-3-9-14-13(11)12;;;;;;;;;/h1-15H;1-5,7-9H;6*1H;;1H2;/q;-1;;;;;;;;;+5/p-6. The second kappa shape index (κ2) is 14.1. The Morgan fingerprint density at radius 1 is 0.524 bits per heavy atom. The van der Waals surface area contributed by atoms with Gasteiger partial charge in [0.05, 0.1) is 0 Å². The number of fused-ring (bicyclic) bond motifs is 3. The van der Waals surface area contributed by atoms with E-state index in [4.69, 9.17) is 0 Å². The van der Waals surface area contributed by atoms with Crippen LogP contribution in [0.5, 0.6) is 0 Å². The van der Waals surface area contributed by atoms with Crippen molar-refractivity contribution in [2.24, 2.45) is 0 Å². The monoisotopic (exact) mass is 886 g/mol. The maximum Gasteiger partial charge on any atom is 0.0161 e. The number of nitrogens with zero attached hydrogens (tertiary/aromatic N) is 1. The average molecular weight is 886 g/mol. The molecule has 223 valence electrons. The Bertz CT molecular complexity index is 1540. The molecular formula is C31H25F6IrNOPSb-2. The van der Waals surface area contributed by atoms with Gasteiger partial charge in [-0.25, -0.2) is 0 Å². The molecule has 0 aliphatic heterocycles. The van der Waals surface area contributed by atoms with Crippen LogP contribution >= 0.6 is 7.92 Å². The van der Waals surface area contributed by atoms with E-state index in [1.807, 2.05) is 24.4 Å². The van der Waals surface area contributed by atoms with Gasteiger partial charge in [-0.15, -0.1) is 35.0 Å². The van der Waals surface area contributed by atoms with Crippen LogP contribution in [0.4, 0.5) is 16.9 Å². The maximum atomic E-state index is 9.93. The maximum absolute atomic E-state index is 11.2. The van der Waals surface area contributed by atoms with Crippen molar-refractivity contribution in [1.82, 2.24) is 4.98 Å². The molecule has 0 spiro atoms. The molecule has 0 unspecified atom stereocenters. The van der Waals surface area contributed by atoms with E-state index in [-0.39, 0.29) is 25.6 Å². The Hall–Kier alpha value is -2.79. The first kappa shape index (κ1) is 35.4. The van der Waals surface area contributed by atoms with E-state index in [0.717, 1.165) is 10.9 Å². The van der Waals surface area contributed by atoms with E-state index in [0.29, 0.717) is 0 Å². The van der Waals surface area contributed by atoms with E-state index < -0.39 is 27.4 Å². The molecule has 0 atom stereocenters. The summed E-state index contributed by atoms with van der Waals surface area (Å²) in [7, 11) is -0.446. The van der Waals surface area contributed by atoms with Gasteiger partial charge in [0.2, 0.25) is 0 Å². The van der Waals surface area contributed by atoms with Crippen molar-refractivity contribution in [3.05, 3.63) is 146 Å². The summed E-state index contributed by atoms with van der Waals surface area (Å²) in [5.41, 5.74) is 1.03. The molecule has 0 aliphatic rings. The molecule has 0 amide bonds. The Morgan fingerprint density at radius 2 is 0.929 bits per heavy atom. The van der Waals surface area contributed by atoms with E-state index in [9.17, 15) is 16.9 Å². The van der Waals surface area contributed by atoms with Crippen molar-refractivity contribution >= 4 is 65.0 Å². The fourth-order valence-electron chi connectivity index (χ4n) is 3.91. The molecular weight excluding hydrogens is 861 g/mol. The molecule has 42 heavy (non-hydrogen) atoms. The van der Waals surface area contributed by atoms with Crippen LogP contribution in [-0.2, 0) is 20.1 Å². The van der Waals surface area contributed by atoms with E-state index in [2.05, 4.69) is 126 Å². The van der Waals surface area contributed by atoms with Crippen molar-refractivity contribution < 1.29 is 42.5 Å². The molecule has 2 N–H and O–H groups in total. The zero-order valence-electron chi connectivity index (χ0n) is 21.7. The molecule has 5 aromatic carbocycles. The number of halogens is 6. The number of aromatic nitrogens is 1. The molecule has 1 radical (unpaired) electrons. The summed E-state index contributed by atoms with van der Waals surface area (Å²) < 4.78 is 59.6. The van der Waals surface area contributed by atoms with Crippen molar-refractivity contribution in [3.63, 3.8) is 0 Å². The van der Waals surface area contributed by atoms with Gasteiger partial charge in [0.1, 0.15) is 0 Å². The SMILES string of the molecule is O.[F][Sb-]([F])([F])([F])([F])[F].[Ir].[c-]1cccc2ccc3cccnc3c12.c1ccc(P(c2ccccc2)c2ccccc2)cc1. The third kappa shape index (κ3) is 11.8. The average Bonchev–Trinajstić information content (AvgIpc) is 2.94. The van der Waals surface area contributed by atoms with Crippen molar-refractivity contribution in [3.8, 4) is 0 Å². The normalized spacial score (nSPS) is 12.3. The third-order valence-electron chi connectivity index (χ3n) is 5.45. The van der Waals surface area contributed by atoms with Gasteiger partial charge in [-0.3, -0.25) is 0 Å². The van der Waals surface area contributed by atoms with Gasteiger partial charge in [-0.2, -0.15) is 0 Å². The topological polar surface area (TPSA) is 44.4 Å². The predicted octanol–water partition coefficient (Wildman–Crippen LogP) is 7.95. The largest absolute Gasteiger partial charge is 0.304 e.